The zero-order valence-electron chi connectivity index (χ0n) is 13.9. The Bertz CT molecular complexity index is 609. The molecule has 3 aliphatic rings. The standard InChI is InChI=1S/C18H24N2O4/c21-17(14-3-1-4-15-16(14)24-12-11-23-15)19-13-18(5-2-6-18)20-7-9-22-10-8-20/h1,3-4H,2,5-13H2,(H,19,21). The number of nitrogens with one attached hydrogen (secondary N) is 1. The van der Waals surface area contributed by atoms with Crippen LogP contribution in [0.4, 0.5) is 0 Å². The largest absolute Gasteiger partial charge is 0.486 e. The SMILES string of the molecule is O=C(NCC1(N2CCOCC2)CCC1)c1cccc2c1OCCO2. The number of carbonyl (C=O) groups is 1. The fourth-order valence-corrected chi connectivity index (χ4v) is 3.82. The van der Waals surface area contributed by atoms with E-state index < -0.39 is 0 Å². The summed E-state index contributed by atoms with van der Waals surface area (Å²) in [4.78, 5) is 15.2. The number of benzene rings is 1. The highest BCUT2D eigenvalue weighted by molar-refractivity contribution is 5.97. The Morgan fingerprint density at radius 3 is 2.67 bits per heavy atom. The van der Waals surface area contributed by atoms with E-state index in [1.807, 2.05) is 12.1 Å². The first-order valence-electron chi connectivity index (χ1n) is 8.78. The summed E-state index contributed by atoms with van der Waals surface area (Å²) >= 11 is 0. The summed E-state index contributed by atoms with van der Waals surface area (Å²) in [5, 5.41) is 3.13. The Kier molecular flexibility index (Phi) is 4.33. The minimum atomic E-state index is -0.0862. The first-order valence-corrected chi connectivity index (χ1v) is 8.78. The molecule has 0 bridgehead atoms. The van der Waals surface area contributed by atoms with Crippen LogP contribution in [0.15, 0.2) is 18.2 Å². The van der Waals surface area contributed by atoms with Gasteiger partial charge in [0.2, 0.25) is 0 Å². The van der Waals surface area contributed by atoms with Crippen LogP contribution in [0.3, 0.4) is 0 Å². The number of ether oxygens (including phenoxy) is 3. The van der Waals surface area contributed by atoms with Gasteiger partial charge >= 0.3 is 0 Å². The van der Waals surface area contributed by atoms with Crippen molar-refractivity contribution in [2.75, 3.05) is 46.1 Å². The van der Waals surface area contributed by atoms with E-state index in [2.05, 4.69) is 10.2 Å². The second kappa shape index (κ2) is 6.61. The second-order valence-corrected chi connectivity index (χ2v) is 6.69. The van der Waals surface area contributed by atoms with Gasteiger partial charge in [-0.2, -0.15) is 0 Å². The number of fused-ring (bicyclic) bond motifs is 1. The average Bonchev–Trinajstić information content (AvgIpc) is 2.61. The van der Waals surface area contributed by atoms with Crippen molar-refractivity contribution in [3.63, 3.8) is 0 Å². The molecule has 0 radical (unpaired) electrons. The average molecular weight is 332 g/mol. The van der Waals surface area contributed by atoms with Crippen LogP contribution >= 0.6 is 0 Å². The highest BCUT2D eigenvalue weighted by Crippen LogP contribution is 2.38. The molecular formula is C18H24N2O4. The summed E-state index contributed by atoms with van der Waals surface area (Å²) in [6.45, 7) is 5.16. The molecule has 1 saturated heterocycles. The molecule has 2 aliphatic heterocycles. The Morgan fingerprint density at radius 1 is 1.12 bits per heavy atom. The third-order valence-corrected chi connectivity index (χ3v) is 5.36. The summed E-state index contributed by atoms with van der Waals surface area (Å²) in [6, 6.07) is 5.47. The van der Waals surface area contributed by atoms with E-state index in [4.69, 9.17) is 14.2 Å². The molecule has 1 aromatic carbocycles. The summed E-state index contributed by atoms with van der Waals surface area (Å²) in [6.07, 6.45) is 3.50. The molecule has 130 valence electrons. The van der Waals surface area contributed by atoms with Gasteiger partial charge in [-0.1, -0.05) is 6.07 Å². The van der Waals surface area contributed by atoms with E-state index in [9.17, 15) is 4.79 Å². The van der Waals surface area contributed by atoms with Crippen molar-refractivity contribution in [3.8, 4) is 11.5 Å². The van der Waals surface area contributed by atoms with Crippen LogP contribution in [-0.4, -0.2) is 62.4 Å². The molecule has 6 heteroatoms. The lowest BCUT2D eigenvalue weighted by atomic mass is 9.75. The Morgan fingerprint density at radius 2 is 1.92 bits per heavy atom. The zero-order valence-corrected chi connectivity index (χ0v) is 13.9. The topological polar surface area (TPSA) is 60.0 Å². The number of para-hydroxylation sites is 1. The van der Waals surface area contributed by atoms with E-state index in [1.54, 1.807) is 6.07 Å². The molecule has 1 saturated carbocycles. The molecule has 4 rings (SSSR count). The van der Waals surface area contributed by atoms with Gasteiger partial charge in [-0.3, -0.25) is 9.69 Å². The van der Waals surface area contributed by atoms with E-state index in [-0.39, 0.29) is 11.4 Å². The highest BCUT2D eigenvalue weighted by atomic mass is 16.6. The van der Waals surface area contributed by atoms with Crippen LogP contribution < -0.4 is 14.8 Å². The summed E-state index contributed by atoms with van der Waals surface area (Å²) < 4.78 is 16.7. The lowest BCUT2D eigenvalue weighted by molar-refractivity contribution is -0.0540. The van der Waals surface area contributed by atoms with E-state index >= 15 is 0 Å². The summed E-state index contributed by atoms with van der Waals surface area (Å²) in [5.41, 5.74) is 0.662. The fraction of sp³-hybridized carbons (Fsp3) is 0.611. The molecule has 0 aromatic heterocycles. The first kappa shape index (κ1) is 15.7. The minimum Gasteiger partial charge on any atom is -0.486 e. The predicted molar refractivity (Wildman–Crippen MR) is 88.7 cm³/mol. The molecule has 1 aromatic rings. The monoisotopic (exact) mass is 332 g/mol. The van der Waals surface area contributed by atoms with Crippen LogP contribution in [0.1, 0.15) is 29.6 Å². The fourth-order valence-electron chi connectivity index (χ4n) is 3.82. The Hall–Kier alpha value is -1.79. The van der Waals surface area contributed by atoms with Crippen molar-refractivity contribution in [2.24, 2.45) is 0 Å². The van der Waals surface area contributed by atoms with E-state index in [0.717, 1.165) is 39.1 Å². The molecule has 1 N–H and O–H groups in total. The van der Waals surface area contributed by atoms with Crippen LogP contribution in [0.25, 0.3) is 0 Å². The van der Waals surface area contributed by atoms with Crippen molar-refractivity contribution in [3.05, 3.63) is 23.8 Å². The van der Waals surface area contributed by atoms with Crippen LogP contribution in [0.2, 0.25) is 0 Å². The number of nitrogens with zero attached hydrogens (tertiary/aromatic N) is 1. The molecule has 2 heterocycles. The summed E-state index contributed by atoms with van der Waals surface area (Å²) in [7, 11) is 0. The van der Waals surface area contributed by atoms with Crippen LogP contribution in [0.5, 0.6) is 11.5 Å². The third kappa shape index (κ3) is 2.84. The van der Waals surface area contributed by atoms with Gasteiger partial charge in [0, 0.05) is 25.2 Å². The van der Waals surface area contributed by atoms with Crippen molar-refractivity contribution in [2.45, 2.75) is 24.8 Å². The maximum absolute atomic E-state index is 12.7. The van der Waals surface area contributed by atoms with Gasteiger partial charge in [-0.05, 0) is 31.4 Å². The van der Waals surface area contributed by atoms with Gasteiger partial charge in [0.1, 0.15) is 13.2 Å². The maximum atomic E-state index is 12.7. The van der Waals surface area contributed by atoms with Crippen LogP contribution in [-0.2, 0) is 4.74 Å². The van der Waals surface area contributed by atoms with E-state index in [0.29, 0.717) is 36.8 Å². The number of hydrogen-bond donors (Lipinski definition) is 1. The normalized spacial score (nSPS) is 22.5. The molecule has 1 aliphatic carbocycles. The van der Waals surface area contributed by atoms with Crippen molar-refractivity contribution < 1.29 is 19.0 Å². The number of carbonyl (C=O) groups excluding carboxylic acids is 1. The first-order chi connectivity index (χ1) is 11.8. The zero-order chi connectivity index (χ0) is 16.4. The summed E-state index contributed by atoms with van der Waals surface area (Å²) in [5.74, 6) is 1.13. The molecule has 0 spiro atoms. The van der Waals surface area contributed by atoms with Crippen molar-refractivity contribution in [1.82, 2.24) is 10.2 Å². The Balaban J connectivity index is 1.44. The lowest BCUT2D eigenvalue weighted by Crippen LogP contribution is -2.62. The van der Waals surface area contributed by atoms with Crippen molar-refractivity contribution >= 4 is 5.91 Å². The number of amides is 1. The van der Waals surface area contributed by atoms with Gasteiger partial charge in [0.15, 0.2) is 11.5 Å². The molecule has 6 nitrogen and oxygen atoms in total. The van der Waals surface area contributed by atoms with Crippen molar-refractivity contribution in [1.29, 1.82) is 0 Å². The molecule has 24 heavy (non-hydrogen) atoms. The molecule has 0 atom stereocenters. The highest BCUT2D eigenvalue weighted by Gasteiger charge is 2.43. The van der Waals surface area contributed by atoms with Gasteiger partial charge < -0.3 is 19.5 Å². The smallest absolute Gasteiger partial charge is 0.255 e. The van der Waals surface area contributed by atoms with Crippen LogP contribution in [0, 0.1) is 0 Å². The number of hydrogen-bond acceptors (Lipinski definition) is 5. The maximum Gasteiger partial charge on any atom is 0.255 e. The molecule has 1 amide bonds. The van der Waals surface area contributed by atoms with Gasteiger partial charge in [0.25, 0.3) is 5.91 Å². The van der Waals surface area contributed by atoms with E-state index in [1.165, 1.54) is 6.42 Å². The minimum absolute atomic E-state index is 0.0862. The number of rotatable bonds is 4. The van der Waals surface area contributed by atoms with Gasteiger partial charge in [-0.15, -0.1) is 0 Å². The predicted octanol–water partition coefficient (Wildman–Crippen LogP) is 1.44. The Labute approximate surface area is 142 Å². The van der Waals surface area contributed by atoms with Gasteiger partial charge in [0.05, 0.1) is 18.8 Å². The quantitative estimate of drug-likeness (QED) is 0.904. The molecule has 0 unspecified atom stereocenters. The second-order valence-electron chi connectivity index (χ2n) is 6.69. The lowest BCUT2D eigenvalue weighted by Gasteiger charge is -2.51. The molecular weight excluding hydrogens is 308 g/mol. The molecule has 2 fully saturated rings. The number of morpholine rings is 1. The third-order valence-electron chi connectivity index (χ3n) is 5.36. The van der Waals surface area contributed by atoms with Gasteiger partial charge in [-0.25, -0.2) is 0 Å².